The Hall–Kier alpha value is -0.690. The van der Waals surface area contributed by atoms with Gasteiger partial charge in [-0.1, -0.05) is 11.6 Å². The smallest absolute Gasteiger partial charge is 0.244 e. The van der Waals surface area contributed by atoms with Gasteiger partial charge in [0.15, 0.2) is 0 Å². The van der Waals surface area contributed by atoms with Crippen LogP contribution in [0.25, 0.3) is 0 Å². The minimum absolute atomic E-state index is 0.0698. The Kier molecular flexibility index (Phi) is 3.91. The van der Waals surface area contributed by atoms with Crippen molar-refractivity contribution < 1.29 is 12.8 Å². The van der Waals surface area contributed by atoms with Gasteiger partial charge in [-0.2, -0.15) is 4.31 Å². The first-order valence-corrected chi connectivity index (χ1v) is 7.44. The highest BCUT2D eigenvalue weighted by molar-refractivity contribution is 7.89. The number of hydrogen-bond acceptors (Lipinski definition) is 3. The molecule has 0 saturated carbocycles. The molecule has 1 aliphatic heterocycles. The first-order valence-electron chi connectivity index (χ1n) is 5.62. The van der Waals surface area contributed by atoms with E-state index in [0.717, 1.165) is 25.0 Å². The fourth-order valence-electron chi connectivity index (χ4n) is 2.02. The first-order chi connectivity index (χ1) is 8.41. The minimum Gasteiger partial charge on any atom is -0.327 e. The zero-order valence-electron chi connectivity index (χ0n) is 9.64. The molecule has 0 spiro atoms. The summed E-state index contributed by atoms with van der Waals surface area (Å²) in [5.41, 5.74) is 5.76. The number of nitrogens with two attached hydrogens (primary N) is 1. The summed E-state index contributed by atoms with van der Waals surface area (Å²) in [5.74, 6) is -0.561. The quantitative estimate of drug-likeness (QED) is 0.900. The van der Waals surface area contributed by atoms with Crippen molar-refractivity contribution in [3.05, 3.63) is 29.0 Å². The molecule has 1 fully saturated rings. The van der Waals surface area contributed by atoms with Crippen molar-refractivity contribution in [2.75, 3.05) is 13.1 Å². The molecule has 0 radical (unpaired) electrons. The van der Waals surface area contributed by atoms with Gasteiger partial charge in [0.25, 0.3) is 0 Å². The lowest BCUT2D eigenvalue weighted by Crippen LogP contribution is -2.45. The number of halogens is 2. The molecule has 1 aliphatic rings. The summed E-state index contributed by atoms with van der Waals surface area (Å²) in [7, 11) is -3.69. The van der Waals surface area contributed by atoms with Gasteiger partial charge in [-0.25, -0.2) is 12.8 Å². The van der Waals surface area contributed by atoms with Gasteiger partial charge in [0.1, 0.15) is 10.7 Å². The normalized spacial score (nSPS) is 22.1. The van der Waals surface area contributed by atoms with E-state index in [4.69, 9.17) is 17.3 Å². The molecule has 0 bridgehead atoms. The first kappa shape index (κ1) is 13.7. The van der Waals surface area contributed by atoms with E-state index in [1.165, 1.54) is 10.4 Å². The molecule has 100 valence electrons. The molecule has 1 heterocycles. The molecule has 1 saturated heterocycles. The van der Waals surface area contributed by atoms with Crippen molar-refractivity contribution in [3.8, 4) is 0 Å². The Morgan fingerprint density at radius 2 is 2.17 bits per heavy atom. The van der Waals surface area contributed by atoms with Crippen LogP contribution in [0.1, 0.15) is 12.8 Å². The Balaban J connectivity index is 2.35. The third-order valence-electron chi connectivity index (χ3n) is 2.93. The Labute approximate surface area is 111 Å². The molecule has 18 heavy (non-hydrogen) atoms. The van der Waals surface area contributed by atoms with Crippen LogP contribution in [-0.4, -0.2) is 31.9 Å². The lowest BCUT2D eigenvalue weighted by atomic mass is 10.1. The summed E-state index contributed by atoms with van der Waals surface area (Å²) in [4.78, 5) is -0.0698. The fourth-order valence-corrected chi connectivity index (χ4v) is 4.06. The third kappa shape index (κ3) is 2.66. The Morgan fingerprint density at radius 3 is 2.78 bits per heavy atom. The van der Waals surface area contributed by atoms with Crippen LogP contribution >= 0.6 is 11.6 Å². The van der Waals surface area contributed by atoms with Crippen molar-refractivity contribution >= 4 is 21.6 Å². The maximum atomic E-state index is 12.9. The van der Waals surface area contributed by atoms with Crippen LogP contribution in [0.2, 0.25) is 5.02 Å². The molecular formula is C11H14ClFN2O2S. The summed E-state index contributed by atoms with van der Waals surface area (Å²) in [5, 5.41) is -0.103. The summed E-state index contributed by atoms with van der Waals surface area (Å²) in [6, 6.07) is 3.11. The van der Waals surface area contributed by atoms with E-state index < -0.39 is 15.8 Å². The third-order valence-corrected chi connectivity index (χ3v) is 5.28. The molecule has 0 amide bonds. The molecule has 1 aromatic rings. The summed E-state index contributed by atoms with van der Waals surface area (Å²) < 4.78 is 38.9. The second-order valence-electron chi connectivity index (χ2n) is 4.34. The van der Waals surface area contributed by atoms with Gasteiger partial charge < -0.3 is 5.73 Å². The Morgan fingerprint density at radius 1 is 1.44 bits per heavy atom. The highest BCUT2D eigenvalue weighted by atomic mass is 35.5. The number of rotatable bonds is 2. The van der Waals surface area contributed by atoms with Crippen molar-refractivity contribution in [2.45, 2.75) is 23.8 Å². The molecular weight excluding hydrogens is 279 g/mol. The van der Waals surface area contributed by atoms with Crippen LogP contribution in [0.5, 0.6) is 0 Å². The second-order valence-corrected chi connectivity index (χ2v) is 6.65. The van der Waals surface area contributed by atoms with Gasteiger partial charge in [-0.3, -0.25) is 0 Å². The van der Waals surface area contributed by atoms with Gasteiger partial charge >= 0.3 is 0 Å². The van der Waals surface area contributed by atoms with Crippen LogP contribution in [0.4, 0.5) is 4.39 Å². The molecule has 7 heteroatoms. The number of piperidine rings is 1. The van der Waals surface area contributed by atoms with Crippen molar-refractivity contribution in [1.82, 2.24) is 4.31 Å². The highest BCUT2D eigenvalue weighted by Gasteiger charge is 2.30. The average Bonchev–Trinajstić information content (AvgIpc) is 2.28. The van der Waals surface area contributed by atoms with E-state index >= 15 is 0 Å². The van der Waals surface area contributed by atoms with Crippen LogP contribution in [0.3, 0.4) is 0 Å². The lowest BCUT2D eigenvalue weighted by Gasteiger charge is -2.30. The van der Waals surface area contributed by atoms with Crippen LogP contribution in [0.15, 0.2) is 23.1 Å². The van der Waals surface area contributed by atoms with Gasteiger partial charge in [0, 0.05) is 19.1 Å². The number of hydrogen-bond donors (Lipinski definition) is 1. The van der Waals surface area contributed by atoms with E-state index in [1.807, 2.05) is 0 Å². The molecule has 0 aromatic heterocycles. The predicted octanol–water partition coefficient (Wildman–Crippen LogP) is 1.59. The van der Waals surface area contributed by atoms with E-state index in [0.29, 0.717) is 6.54 Å². The standard InChI is InChI=1S/C11H14ClFN2O2S/c12-10-6-8(13)3-4-11(10)18(16,17)15-5-1-2-9(14)7-15/h3-4,6,9H,1-2,5,7,14H2/t9-/m1/s1. The number of sulfonamides is 1. The second kappa shape index (κ2) is 5.13. The van der Waals surface area contributed by atoms with Crippen molar-refractivity contribution in [1.29, 1.82) is 0 Å². The maximum absolute atomic E-state index is 12.9. The zero-order valence-corrected chi connectivity index (χ0v) is 11.2. The lowest BCUT2D eigenvalue weighted by molar-refractivity contribution is 0.316. The Bertz CT molecular complexity index is 550. The average molecular weight is 293 g/mol. The van der Waals surface area contributed by atoms with Crippen molar-refractivity contribution in [2.24, 2.45) is 5.73 Å². The SMILES string of the molecule is N[C@@H]1CCCN(S(=O)(=O)c2ccc(F)cc2Cl)C1. The molecule has 4 nitrogen and oxygen atoms in total. The van der Waals surface area contributed by atoms with Crippen LogP contribution in [0, 0.1) is 5.82 Å². The highest BCUT2D eigenvalue weighted by Crippen LogP contribution is 2.27. The van der Waals surface area contributed by atoms with Gasteiger partial charge in [-0.05, 0) is 31.0 Å². The molecule has 0 aliphatic carbocycles. The number of nitrogens with zero attached hydrogens (tertiary/aromatic N) is 1. The molecule has 1 atom stereocenters. The van der Waals surface area contributed by atoms with Gasteiger partial charge in [0.05, 0.1) is 5.02 Å². The summed E-state index contributed by atoms with van der Waals surface area (Å²) in [6.45, 7) is 0.694. The van der Waals surface area contributed by atoms with Crippen molar-refractivity contribution in [3.63, 3.8) is 0 Å². The predicted molar refractivity (Wildman–Crippen MR) is 67.4 cm³/mol. The maximum Gasteiger partial charge on any atom is 0.244 e. The largest absolute Gasteiger partial charge is 0.327 e. The summed E-state index contributed by atoms with van der Waals surface area (Å²) >= 11 is 5.79. The molecule has 1 aromatic carbocycles. The monoisotopic (exact) mass is 292 g/mol. The summed E-state index contributed by atoms with van der Waals surface area (Å²) in [6.07, 6.45) is 1.53. The molecule has 0 unspecified atom stereocenters. The van der Waals surface area contributed by atoms with Crippen LogP contribution < -0.4 is 5.73 Å². The molecule has 2 rings (SSSR count). The van der Waals surface area contributed by atoms with Crippen LogP contribution in [-0.2, 0) is 10.0 Å². The zero-order chi connectivity index (χ0) is 13.3. The minimum atomic E-state index is -3.69. The van der Waals surface area contributed by atoms with E-state index in [-0.39, 0.29) is 22.5 Å². The van der Waals surface area contributed by atoms with E-state index in [1.54, 1.807) is 0 Å². The van der Waals surface area contributed by atoms with E-state index in [9.17, 15) is 12.8 Å². The fraction of sp³-hybridized carbons (Fsp3) is 0.455. The topological polar surface area (TPSA) is 63.4 Å². The number of benzene rings is 1. The van der Waals surface area contributed by atoms with Gasteiger partial charge in [0.2, 0.25) is 10.0 Å². The molecule has 2 N–H and O–H groups in total. The van der Waals surface area contributed by atoms with E-state index in [2.05, 4.69) is 0 Å². The van der Waals surface area contributed by atoms with Gasteiger partial charge in [-0.15, -0.1) is 0 Å².